The van der Waals surface area contributed by atoms with Crippen molar-refractivity contribution in [2.75, 3.05) is 13.2 Å². The van der Waals surface area contributed by atoms with Crippen LogP contribution in [0.1, 0.15) is 10.4 Å². The Labute approximate surface area is 148 Å². The number of rotatable bonds is 8. The molecule has 0 aliphatic heterocycles. The standard InChI is InChI=1S/C17H16N2O5S/c20-16(18-10-9-15-2-1-11-25-15)12-24-17(21)8-5-13-3-6-14(7-4-13)19(22)23/h1-8,11H,9-10,12H2,(H,18,20)/b8-5+. The van der Waals surface area contributed by atoms with Crippen LogP contribution < -0.4 is 5.32 Å². The summed E-state index contributed by atoms with van der Waals surface area (Å²) in [5.74, 6) is -1.03. The van der Waals surface area contributed by atoms with Gasteiger partial charge < -0.3 is 10.1 Å². The SMILES string of the molecule is O=C(COC(=O)/C=C/c1ccc([N+](=O)[O-])cc1)NCCc1cccs1. The Hall–Kier alpha value is -3.00. The Morgan fingerprint density at radius 3 is 2.64 bits per heavy atom. The summed E-state index contributed by atoms with van der Waals surface area (Å²) in [5.41, 5.74) is 0.585. The van der Waals surface area contributed by atoms with Crippen LogP contribution in [0.25, 0.3) is 6.08 Å². The van der Waals surface area contributed by atoms with Crippen molar-refractivity contribution < 1.29 is 19.2 Å². The second-order valence-corrected chi connectivity index (χ2v) is 6.00. The Kier molecular flexibility index (Phi) is 6.85. The van der Waals surface area contributed by atoms with Crippen molar-refractivity contribution in [3.8, 4) is 0 Å². The van der Waals surface area contributed by atoms with E-state index in [9.17, 15) is 19.7 Å². The highest BCUT2D eigenvalue weighted by atomic mass is 32.1. The van der Waals surface area contributed by atoms with Crippen molar-refractivity contribution >= 4 is 35.0 Å². The summed E-state index contributed by atoms with van der Waals surface area (Å²) in [4.78, 5) is 34.4. The Bertz CT molecular complexity index is 754. The molecule has 130 valence electrons. The molecule has 0 saturated heterocycles. The lowest BCUT2D eigenvalue weighted by molar-refractivity contribution is -0.384. The van der Waals surface area contributed by atoms with E-state index in [1.807, 2.05) is 17.5 Å². The minimum atomic E-state index is -0.660. The van der Waals surface area contributed by atoms with Crippen molar-refractivity contribution in [3.05, 3.63) is 68.4 Å². The molecule has 25 heavy (non-hydrogen) atoms. The molecule has 1 heterocycles. The van der Waals surface area contributed by atoms with E-state index in [0.717, 1.165) is 6.42 Å². The first-order valence-corrected chi connectivity index (χ1v) is 8.31. The third kappa shape index (κ3) is 6.56. The van der Waals surface area contributed by atoms with Crippen molar-refractivity contribution in [1.29, 1.82) is 0 Å². The van der Waals surface area contributed by atoms with Gasteiger partial charge >= 0.3 is 5.97 Å². The highest BCUT2D eigenvalue weighted by molar-refractivity contribution is 7.09. The molecule has 0 radical (unpaired) electrons. The molecule has 0 saturated carbocycles. The van der Waals surface area contributed by atoms with Gasteiger partial charge in [-0.15, -0.1) is 11.3 Å². The molecule has 2 rings (SSSR count). The molecule has 0 spiro atoms. The smallest absolute Gasteiger partial charge is 0.331 e. The molecule has 0 aliphatic carbocycles. The van der Waals surface area contributed by atoms with Gasteiger partial charge in [-0.05, 0) is 41.6 Å². The number of amides is 1. The van der Waals surface area contributed by atoms with Gasteiger partial charge in [0.05, 0.1) is 4.92 Å². The summed E-state index contributed by atoms with van der Waals surface area (Å²) in [6, 6.07) is 9.64. The van der Waals surface area contributed by atoms with Crippen LogP contribution in [0.5, 0.6) is 0 Å². The number of ether oxygens (including phenoxy) is 1. The third-order valence-corrected chi connectivity index (χ3v) is 4.07. The van der Waals surface area contributed by atoms with Crippen LogP contribution in [0.15, 0.2) is 47.9 Å². The predicted octanol–water partition coefficient (Wildman–Crippen LogP) is 2.57. The lowest BCUT2D eigenvalue weighted by Gasteiger charge is -2.04. The van der Waals surface area contributed by atoms with Gasteiger partial charge in [0.1, 0.15) is 0 Å². The molecule has 1 amide bonds. The van der Waals surface area contributed by atoms with Crippen molar-refractivity contribution in [3.63, 3.8) is 0 Å². The number of thiophene rings is 1. The molecular formula is C17H16N2O5S. The number of benzene rings is 1. The molecule has 1 N–H and O–H groups in total. The normalized spacial score (nSPS) is 10.6. The van der Waals surface area contributed by atoms with E-state index in [2.05, 4.69) is 5.32 Å². The zero-order chi connectivity index (χ0) is 18.1. The fourth-order valence-electron chi connectivity index (χ4n) is 1.89. The van der Waals surface area contributed by atoms with Gasteiger partial charge in [-0.25, -0.2) is 4.79 Å². The average Bonchev–Trinajstić information content (AvgIpc) is 3.12. The number of carbonyl (C=O) groups excluding carboxylic acids is 2. The molecule has 2 aromatic rings. The number of nitrogens with one attached hydrogen (secondary N) is 1. The van der Waals surface area contributed by atoms with Gasteiger partial charge in [0.25, 0.3) is 11.6 Å². The Balaban J connectivity index is 1.68. The first kappa shape index (κ1) is 18.3. The number of nitro groups is 1. The van der Waals surface area contributed by atoms with Crippen LogP contribution in [0, 0.1) is 10.1 Å². The largest absolute Gasteiger partial charge is 0.452 e. The quantitative estimate of drug-likeness (QED) is 0.338. The summed E-state index contributed by atoms with van der Waals surface area (Å²) in [6.45, 7) is 0.128. The highest BCUT2D eigenvalue weighted by Crippen LogP contribution is 2.12. The van der Waals surface area contributed by atoms with Gasteiger partial charge in [-0.2, -0.15) is 0 Å². The number of non-ortho nitro benzene ring substituents is 1. The Morgan fingerprint density at radius 2 is 2.00 bits per heavy atom. The molecule has 1 aromatic carbocycles. The average molecular weight is 360 g/mol. The predicted molar refractivity (Wildman–Crippen MR) is 94.1 cm³/mol. The zero-order valence-electron chi connectivity index (χ0n) is 13.2. The molecule has 0 bridgehead atoms. The van der Waals surface area contributed by atoms with Gasteiger partial charge in [0.15, 0.2) is 6.61 Å². The van der Waals surface area contributed by atoms with Crippen molar-refractivity contribution in [1.82, 2.24) is 5.32 Å². The topological polar surface area (TPSA) is 98.5 Å². The maximum Gasteiger partial charge on any atom is 0.331 e. The molecule has 0 atom stereocenters. The molecule has 0 fully saturated rings. The summed E-state index contributed by atoms with van der Waals surface area (Å²) in [6.07, 6.45) is 3.36. The molecule has 0 unspecified atom stereocenters. The molecule has 0 aliphatic rings. The third-order valence-electron chi connectivity index (χ3n) is 3.13. The van der Waals surface area contributed by atoms with Crippen LogP contribution in [0.3, 0.4) is 0 Å². The van der Waals surface area contributed by atoms with Crippen LogP contribution in [-0.4, -0.2) is 30.0 Å². The van der Waals surface area contributed by atoms with Crippen molar-refractivity contribution in [2.24, 2.45) is 0 Å². The second-order valence-electron chi connectivity index (χ2n) is 4.97. The summed E-state index contributed by atoms with van der Waals surface area (Å²) < 4.78 is 4.83. The zero-order valence-corrected chi connectivity index (χ0v) is 14.0. The number of hydrogen-bond acceptors (Lipinski definition) is 6. The fraction of sp³-hybridized carbons (Fsp3) is 0.176. The first-order valence-electron chi connectivity index (χ1n) is 7.43. The monoisotopic (exact) mass is 360 g/mol. The molecule has 7 nitrogen and oxygen atoms in total. The van der Waals surface area contributed by atoms with E-state index in [-0.39, 0.29) is 18.2 Å². The number of esters is 1. The lowest BCUT2D eigenvalue weighted by atomic mass is 10.2. The van der Waals surface area contributed by atoms with E-state index in [1.54, 1.807) is 11.3 Å². The maximum absolute atomic E-state index is 11.6. The summed E-state index contributed by atoms with van der Waals surface area (Å²) >= 11 is 1.62. The van der Waals surface area contributed by atoms with E-state index >= 15 is 0 Å². The van der Waals surface area contributed by atoms with Gasteiger partial charge in [-0.1, -0.05) is 6.07 Å². The minimum absolute atomic E-state index is 0.0288. The van der Waals surface area contributed by atoms with Gasteiger partial charge in [0.2, 0.25) is 0 Å². The van der Waals surface area contributed by atoms with Crippen LogP contribution >= 0.6 is 11.3 Å². The van der Waals surface area contributed by atoms with Gasteiger partial charge in [0, 0.05) is 29.6 Å². The molecule has 8 heteroatoms. The molecule has 1 aromatic heterocycles. The van der Waals surface area contributed by atoms with E-state index in [1.165, 1.54) is 41.3 Å². The highest BCUT2D eigenvalue weighted by Gasteiger charge is 2.06. The van der Waals surface area contributed by atoms with E-state index in [4.69, 9.17) is 4.74 Å². The van der Waals surface area contributed by atoms with Crippen LogP contribution in [0.4, 0.5) is 5.69 Å². The van der Waals surface area contributed by atoms with Gasteiger partial charge in [-0.3, -0.25) is 14.9 Å². The summed E-state index contributed by atoms with van der Waals surface area (Å²) in [7, 11) is 0. The number of hydrogen-bond donors (Lipinski definition) is 1. The number of nitro benzene ring substituents is 1. The fourth-order valence-corrected chi connectivity index (χ4v) is 2.60. The van der Waals surface area contributed by atoms with Crippen LogP contribution in [-0.2, 0) is 20.7 Å². The second kappa shape index (κ2) is 9.33. The minimum Gasteiger partial charge on any atom is -0.452 e. The van der Waals surface area contributed by atoms with E-state index < -0.39 is 10.9 Å². The van der Waals surface area contributed by atoms with Crippen LogP contribution in [0.2, 0.25) is 0 Å². The lowest BCUT2D eigenvalue weighted by Crippen LogP contribution is -2.30. The maximum atomic E-state index is 11.6. The number of nitrogens with zero attached hydrogens (tertiary/aromatic N) is 1. The van der Waals surface area contributed by atoms with Crippen molar-refractivity contribution in [2.45, 2.75) is 6.42 Å². The summed E-state index contributed by atoms with van der Waals surface area (Å²) in [5, 5.41) is 15.2. The Morgan fingerprint density at radius 1 is 1.24 bits per heavy atom. The first-order chi connectivity index (χ1) is 12.0. The molecular weight excluding hydrogens is 344 g/mol. The number of carbonyl (C=O) groups is 2. The van der Waals surface area contributed by atoms with E-state index in [0.29, 0.717) is 12.1 Å².